The van der Waals surface area contributed by atoms with E-state index in [1.165, 1.54) is 0 Å². The van der Waals surface area contributed by atoms with Crippen LogP contribution in [0.2, 0.25) is 0 Å². The number of aldehydes is 1. The monoisotopic (exact) mass is 238 g/mol. The van der Waals surface area contributed by atoms with E-state index in [0.717, 1.165) is 27.5 Å². The average molecular weight is 239 g/mol. The molecular weight excluding hydrogens is 232 g/mol. The predicted octanol–water partition coefficient (Wildman–Crippen LogP) is 2.45. The molecule has 1 N–H and O–H groups in total. The second-order valence-corrected chi connectivity index (χ2v) is 3.61. The van der Waals surface area contributed by atoms with Crippen LogP contribution in [0.3, 0.4) is 0 Å². The fourth-order valence-electron chi connectivity index (χ4n) is 1.24. The van der Waals surface area contributed by atoms with Crippen LogP contribution in [0.15, 0.2) is 16.6 Å². The number of carbonyl (C=O) groups is 1. The normalized spacial score (nSPS) is 10.6. The summed E-state index contributed by atoms with van der Waals surface area (Å²) < 4.78 is 0.782. The second-order valence-electron chi connectivity index (χ2n) is 2.82. The Hall–Kier alpha value is -1.16. The lowest BCUT2D eigenvalue weighted by molar-refractivity contribution is 0.111. The number of hydrogen-bond donors (Lipinski definition) is 1. The first kappa shape index (κ1) is 8.44. The average Bonchev–Trinajstić information content (AvgIpc) is 2.42. The Morgan fingerprint density at radius 2 is 2.31 bits per heavy atom. The number of pyridine rings is 1. The van der Waals surface area contributed by atoms with E-state index >= 15 is 0 Å². The highest BCUT2D eigenvalue weighted by Crippen LogP contribution is 2.25. The van der Waals surface area contributed by atoms with Gasteiger partial charge in [-0.15, -0.1) is 0 Å². The number of hydrogen-bond acceptors (Lipinski definition) is 2. The van der Waals surface area contributed by atoms with E-state index in [-0.39, 0.29) is 0 Å². The quantitative estimate of drug-likeness (QED) is 0.777. The summed E-state index contributed by atoms with van der Waals surface area (Å²) >= 11 is 3.33. The Labute approximate surface area is 83.3 Å². The molecule has 0 saturated carbocycles. The standard InChI is InChI=1S/C9H7BrN2O/c1-5-2-3-6-8(10)7(4-13)12-9(6)11-5/h2-4H,1H3,(H,11,12). The minimum absolute atomic E-state index is 0.535. The molecule has 2 aromatic heterocycles. The van der Waals surface area contributed by atoms with Crippen molar-refractivity contribution in [2.75, 3.05) is 0 Å². The van der Waals surface area contributed by atoms with Gasteiger partial charge in [-0.3, -0.25) is 4.79 Å². The minimum atomic E-state index is 0.535. The van der Waals surface area contributed by atoms with Crippen molar-refractivity contribution >= 4 is 33.2 Å². The lowest BCUT2D eigenvalue weighted by atomic mass is 10.3. The number of aromatic amines is 1. The third-order valence-electron chi connectivity index (χ3n) is 1.88. The summed E-state index contributed by atoms with van der Waals surface area (Å²) in [6.07, 6.45) is 0.779. The number of aryl methyl sites for hydroxylation is 1. The van der Waals surface area contributed by atoms with Crippen LogP contribution in [0.1, 0.15) is 16.2 Å². The number of nitrogens with one attached hydrogen (secondary N) is 1. The van der Waals surface area contributed by atoms with Crippen LogP contribution < -0.4 is 0 Å². The molecule has 0 saturated heterocycles. The van der Waals surface area contributed by atoms with E-state index in [0.29, 0.717) is 5.69 Å². The summed E-state index contributed by atoms with van der Waals surface area (Å²) in [5.74, 6) is 0. The SMILES string of the molecule is Cc1ccc2c(Br)c(C=O)[nH]c2n1. The molecule has 0 fully saturated rings. The molecule has 66 valence electrons. The molecule has 0 unspecified atom stereocenters. The highest BCUT2D eigenvalue weighted by Gasteiger charge is 2.08. The van der Waals surface area contributed by atoms with E-state index < -0.39 is 0 Å². The van der Waals surface area contributed by atoms with Gasteiger partial charge in [0.1, 0.15) is 5.65 Å². The first-order chi connectivity index (χ1) is 6.22. The van der Waals surface area contributed by atoms with Gasteiger partial charge in [0, 0.05) is 11.1 Å². The van der Waals surface area contributed by atoms with Crippen LogP contribution in [0.25, 0.3) is 11.0 Å². The van der Waals surface area contributed by atoms with Gasteiger partial charge in [0.15, 0.2) is 6.29 Å². The zero-order chi connectivity index (χ0) is 9.42. The van der Waals surface area contributed by atoms with Gasteiger partial charge >= 0.3 is 0 Å². The Balaban J connectivity index is 2.83. The third kappa shape index (κ3) is 1.27. The summed E-state index contributed by atoms with van der Waals surface area (Å²) in [4.78, 5) is 17.8. The maximum atomic E-state index is 10.6. The molecule has 0 spiro atoms. The molecule has 0 aromatic carbocycles. The minimum Gasteiger partial charge on any atom is -0.336 e. The Kier molecular flexibility index (Phi) is 1.92. The molecule has 0 amide bonds. The van der Waals surface area contributed by atoms with Crippen molar-refractivity contribution in [3.63, 3.8) is 0 Å². The number of carbonyl (C=O) groups excluding carboxylic acids is 1. The largest absolute Gasteiger partial charge is 0.336 e. The van der Waals surface area contributed by atoms with E-state index in [4.69, 9.17) is 0 Å². The maximum absolute atomic E-state index is 10.6. The van der Waals surface area contributed by atoms with E-state index in [1.807, 2.05) is 19.1 Å². The van der Waals surface area contributed by atoms with Crippen molar-refractivity contribution < 1.29 is 4.79 Å². The van der Waals surface area contributed by atoms with E-state index in [2.05, 4.69) is 25.9 Å². The first-order valence-electron chi connectivity index (χ1n) is 3.82. The lowest BCUT2D eigenvalue weighted by Crippen LogP contribution is -1.81. The molecular formula is C9H7BrN2O. The van der Waals surface area contributed by atoms with Crippen LogP contribution >= 0.6 is 15.9 Å². The predicted molar refractivity (Wildman–Crippen MR) is 53.9 cm³/mol. The van der Waals surface area contributed by atoms with Crippen molar-refractivity contribution in [3.8, 4) is 0 Å². The van der Waals surface area contributed by atoms with Crippen LogP contribution in [-0.4, -0.2) is 16.3 Å². The molecule has 0 aliphatic carbocycles. The summed E-state index contributed by atoms with van der Waals surface area (Å²) in [5.41, 5.74) is 2.21. The number of H-pyrrole nitrogens is 1. The Morgan fingerprint density at radius 3 is 3.00 bits per heavy atom. The molecule has 2 heterocycles. The van der Waals surface area contributed by atoms with Crippen LogP contribution in [-0.2, 0) is 0 Å². The van der Waals surface area contributed by atoms with Crippen LogP contribution in [0, 0.1) is 6.92 Å². The van der Waals surface area contributed by atoms with Gasteiger partial charge in [0.2, 0.25) is 0 Å². The number of fused-ring (bicyclic) bond motifs is 1. The molecule has 3 nitrogen and oxygen atoms in total. The summed E-state index contributed by atoms with van der Waals surface area (Å²) in [7, 11) is 0. The second kappa shape index (κ2) is 2.96. The summed E-state index contributed by atoms with van der Waals surface area (Å²) in [6, 6.07) is 3.85. The molecule has 2 aromatic rings. The van der Waals surface area contributed by atoms with Crippen LogP contribution in [0.5, 0.6) is 0 Å². The van der Waals surface area contributed by atoms with E-state index in [9.17, 15) is 4.79 Å². The number of aromatic nitrogens is 2. The lowest BCUT2D eigenvalue weighted by Gasteiger charge is -1.91. The zero-order valence-corrected chi connectivity index (χ0v) is 8.55. The maximum Gasteiger partial charge on any atom is 0.167 e. The van der Waals surface area contributed by atoms with Gasteiger partial charge in [-0.25, -0.2) is 4.98 Å². The zero-order valence-electron chi connectivity index (χ0n) is 6.97. The fourth-order valence-corrected chi connectivity index (χ4v) is 1.75. The highest BCUT2D eigenvalue weighted by atomic mass is 79.9. The molecule has 0 atom stereocenters. The van der Waals surface area contributed by atoms with Gasteiger partial charge in [-0.1, -0.05) is 0 Å². The third-order valence-corrected chi connectivity index (χ3v) is 2.73. The van der Waals surface area contributed by atoms with Gasteiger partial charge in [-0.05, 0) is 35.0 Å². The highest BCUT2D eigenvalue weighted by molar-refractivity contribution is 9.10. The topological polar surface area (TPSA) is 45.8 Å². The van der Waals surface area contributed by atoms with Crippen LogP contribution in [0.4, 0.5) is 0 Å². The Bertz CT molecular complexity index is 476. The molecule has 4 heteroatoms. The number of nitrogens with zero attached hydrogens (tertiary/aromatic N) is 1. The summed E-state index contributed by atoms with van der Waals surface area (Å²) in [5, 5.41) is 0.938. The van der Waals surface area contributed by atoms with Crippen molar-refractivity contribution in [2.24, 2.45) is 0 Å². The molecule has 0 radical (unpaired) electrons. The number of halogens is 1. The molecule has 0 bridgehead atoms. The molecule has 0 aliphatic heterocycles. The summed E-state index contributed by atoms with van der Waals surface area (Å²) in [6.45, 7) is 1.91. The van der Waals surface area contributed by atoms with Gasteiger partial charge < -0.3 is 4.98 Å². The van der Waals surface area contributed by atoms with Gasteiger partial charge in [-0.2, -0.15) is 0 Å². The van der Waals surface area contributed by atoms with Gasteiger partial charge in [0.05, 0.1) is 10.2 Å². The number of rotatable bonds is 1. The van der Waals surface area contributed by atoms with Crippen molar-refractivity contribution in [1.82, 2.24) is 9.97 Å². The first-order valence-corrected chi connectivity index (χ1v) is 4.61. The van der Waals surface area contributed by atoms with Gasteiger partial charge in [0.25, 0.3) is 0 Å². The Morgan fingerprint density at radius 1 is 1.54 bits per heavy atom. The molecule has 0 aliphatic rings. The molecule has 2 rings (SSSR count). The molecule has 13 heavy (non-hydrogen) atoms. The fraction of sp³-hybridized carbons (Fsp3) is 0.111. The van der Waals surface area contributed by atoms with Crippen molar-refractivity contribution in [1.29, 1.82) is 0 Å². The van der Waals surface area contributed by atoms with Crippen molar-refractivity contribution in [2.45, 2.75) is 6.92 Å². The van der Waals surface area contributed by atoms with E-state index in [1.54, 1.807) is 0 Å². The smallest absolute Gasteiger partial charge is 0.167 e. The van der Waals surface area contributed by atoms with Crippen molar-refractivity contribution in [3.05, 3.63) is 28.0 Å².